The summed E-state index contributed by atoms with van der Waals surface area (Å²) in [7, 11) is 1.54. The van der Waals surface area contributed by atoms with Gasteiger partial charge in [-0.2, -0.15) is 0 Å². The molecule has 136 valence electrons. The summed E-state index contributed by atoms with van der Waals surface area (Å²) in [6.07, 6.45) is 0. The minimum absolute atomic E-state index is 0. The highest BCUT2D eigenvalue weighted by atomic mass is 35.5. The molecule has 0 unspecified atom stereocenters. The van der Waals surface area contributed by atoms with E-state index in [1.165, 1.54) is 7.11 Å². The number of anilines is 1. The van der Waals surface area contributed by atoms with Gasteiger partial charge in [0.25, 0.3) is 0 Å². The lowest BCUT2D eigenvalue weighted by atomic mass is 10.1. The lowest BCUT2D eigenvalue weighted by Crippen LogP contribution is -2.46. The summed E-state index contributed by atoms with van der Waals surface area (Å²) in [4.78, 5) is 23.8. The Morgan fingerprint density at radius 2 is 1.96 bits per heavy atom. The first kappa shape index (κ1) is 22.0. The van der Waals surface area contributed by atoms with Gasteiger partial charge in [-0.05, 0) is 25.0 Å². The van der Waals surface area contributed by atoms with Crippen molar-refractivity contribution in [1.82, 2.24) is 5.32 Å². The van der Waals surface area contributed by atoms with E-state index in [-0.39, 0.29) is 36.7 Å². The van der Waals surface area contributed by atoms with Crippen LogP contribution in [0.15, 0.2) is 18.2 Å². The zero-order chi connectivity index (χ0) is 17.4. The van der Waals surface area contributed by atoms with E-state index in [4.69, 9.17) is 15.2 Å². The predicted octanol–water partition coefficient (Wildman–Crippen LogP) is 1.55. The Balaban J connectivity index is 0.00000529. The third kappa shape index (κ3) is 6.64. The zero-order valence-corrected chi connectivity index (χ0v) is 15.2. The first-order valence-electron chi connectivity index (χ1n) is 7.53. The Kier molecular flexibility index (Phi) is 9.83. The fourth-order valence-corrected chi connectivity index (χ4v) is 1.80. The van der Waals surface area contributed by atoms with E-state index in [0.717, 1.165) is 0 Å². The lowest BCUT2D eigenvalue weighted by molar-refractivity contribution is -0.125. The van der Waals surface area contributed by atoms with Crippen LogP contribution in [0.1, 0.15) is 20.8 Å². The molecule has 0 radical (unpaired) electrons. The molecule has 0 aromatic heterocycles. The van der Waals surface area contributed by atoms with Crippen molar-refractivity contribution >= 4 is 29.9 Å². The van der Waals surface area contributed by atoms with Crippen molar-refractivity contribution in [2.24, 2.45) is 11.7 Å². The Morgan fingerprint density at radius 1 is 1.29 bits per heavy atom. The fraction of sp³-hybridized carbons (Fsp3) is 0.500. The molecule has 0 saturated heterocycles. The smallest absolute Gasteiger partial charge is 0.243 e. The zero-order valence-electron chi connectivity index (χ0n) is 14.4. The van der Waals surface area contributed by atoms with Gasteiger partial charge >= 0.3 is 0 Å². The average molecular weight is 360 g/mol. The van der Waals surface area contributed by atoms with Crippen LogP contribution in [0.5, 0.6) is 11.5 Å². The van der Waals surface area contributed by atoms with E-state index in [1.54, 1.807) is 18.2 Å². The maximum Gasteiger partial charge on any atom is 0.243 e. The van der Waals surface area contributed by atoms with E-state index in [2.05, 4.69) is 10.6 Å². The van der Waals surface area contributed by atoms with Crippen LogP contribution in [-0.4, -0.2) is 38.1 Å². The van der Waals surface area contributed by atoms with E-state index in [1.807, 2.05) is 20.8 Å². The van der Waals surface area contributed by atoms with Gasteiger partial charge in [-0.25, -0.2) is 0 Å². The predicted molar refractivity (Wildman–Crippen MR) is 95.9 cm³/mol. The van der Waals surface area contributed by atoms with Crippen LogP contribution in [0.4, 0.5) is 5.69 Å². The molecule has 0 fully saturated rings. The molecular weight excluding hydrogens is 334 g/mol. The molecule has 1 rings (SSSR count). The van der Waals surface area contributed by atoms with Gasteiger partial charge in [0.1, 0.15) is 11.5 Å². The van der Waals surface area contributed by atoms with Gasteiger partial charge in [0.2, 0.25) is 11.8 Å². The minimum Gasteiger partial charge on any atom is -0.497 e. The van der Waals surface area contributed by atoms with Crippen LogP contribution in [0, 0.1) is 5.92 Å². The quantitative estimate of drug-likeness (QED) is 0.653. The van der Waals surface area contributed by atoms with E-state index >= 15 is 0 Å². The summed E-state index contributed by atoms with van der Waals surface area (Å²) in [5, 5.41) is 5.21. The Labute approximate surface area is 148 Å². The Hall–Kier alpha value is -1.99. The molecule has 24 heavy (non-hydrogen) atoms. The Bertz CT molecular complexity index is 552. The van der Waals surface area contributed by atoms with Gasteiger partial charge in [0.05, 0.1) is 32.0 Å². The minimum atomic E-state index is -0.640. The number of nitrogens with two attached hydrogens (primary N) is 1. The maximum atomic E-state index is 12.0. The van der Waals surface area contributed by atoms with Crippen molar-refractivity contribution in [2.45, 2.75) is 26.8 Å². The van der Waals surface area contributed by atoms with Crippen LogP contribution >= 0.6 is 12.4 Å². The maximum absolute atomic E-state index is 12.0. The summed E-state index contributed by atoms with van der Waals surface area (Å²) < 4.78 is 10.6. The normalized spacial score (nSPS) is 11.2. The molecule has 8 heteroatoms. The van der Waals surface area contributed by atoms with Crippen LogP contribution in [-0.2, 0) is 9.59 Å². The third-order valence-electron chi connectivity index (χ3n) is 3.20. The molecule has 2 amide bonds. The highest BCUT2D eigenvalue weighted by Crippen LogP contribution is 2.29. The number of carbonyl (C=O) groups is 2. The second-order valence-electron chi connectivity index (χ2n) is 5.33. The molecule has 0 aliphatic rings. The van der Waals surface area contributed by atoms with Crippen molar-refractivity contribution < 1.29 is 19.1 Å². The largest absolute Gasteiger partial charge is 0.497 e. The van der Waals surface area contributed by atoms with Crippen molar-refractivity contribution in [3.63, 3.8) is 0 Å². The monoisotopic (exact) mass is 359 g/mol. The van der Waals surface area contributed by atoms with Crippen LogP contribution < -0.4 is 25.8 Å². The molecule has 0 heterocycles. The number of hydrogen-bond acceptors (Lipinski definition) is 5. The van der Waals surface area contributed by atoms with Crippen LogP contribution in [0.25, 0.3) is 0 Å². The Morgan fingerprint density at radius 3 is 2.50 bits per heavy atom. The second-order valence-corrected chi connectivity index (χ2v) is 5.33. The molecule has 4 N–H and O–H groups in total. The molecule has 0 spiro atoms. The van der Waals surface area contributed by atoms with Gasteiger partial charge in [-0.1, -0.05) is 13.8 Å². The number of nitrogens with one attached hydrogen (secondary N) is 2. The molecule has 0 aliphatic heterocycles. The third-order valence-corrected chi connectivity index (χ3v) is 3.20. The van der Waals surface area contributed by atoms with E-state index < -0.39 is 6.04 Å². The van der Waals surface area contributed by atoms with Crippen molar-refractivity contribution in [3.05, 3.63) is 18.2 Å². The summed E-state index contributed by atoms with van der Waals surface area (Å²) in [6, 6.07) is 4.47. The van der Waals surface area contributed by atoms with Gasteiger partial charge in [0, 0.05) is 6.07 Å². The van der Waals surface area contributed by atoms with Gasteiger partial charge < -0.3 is 25.8 Å². The summed E-state index contributed by atoms with van der Waals surface area (Å²) >= 11 is 0. The van der Waals surface area contributed by atoms with Crippen molar-refractivity contribution in [3.8, 4) is 11.5 Å². The van der Waals surface area contributed by atoms with E-state index in [9.17, 15) is 9.59 Å². The molecule has 7 nitrogen and oxygen atoms in total. The molecule has 0 bridgehead atoms. The van der Waals surface area contributed by atoms with Crippen LogP contribution in [0.2, 0.25) is 0 Å². The standard InChI is InChI=1S/C16H25N3O4.ClH/c1-5-23-13-7-6-11(22-4)8-12(13)19-14(20)9-18-16(21)15(17)10(2)3;/h6-8,10,15H,5,9,17H2,1-4H3,(H,18,21)(H,19,20);1H/t15-;/m0./s1. The molecule has 1 aromatic rings. The summed E-state index contributed by atoms with van der Waals surface area (Å²) in [5.74, 6) is 0.400. The molecule has 1 aromatic carbocycles. The molecular formula is C16H26ClN3O4. The number of amides is 2. The number of rotatable bonds is 8. The van der Waals surface area contributed by atoms with Gasteiger partial charge in [-0.15, -0.1) is 12.4 Å². The van der Waals surface area contributed by atoms with Crippen molar-refractivity contribution in [2.75, 3.05) is 25.6 Å². The summed E-state index contributed by atoms with van der Waals surface area (Å²) in [6.45, 7) is 5.84. The van der Waals surface area contributed by atoms with Crippen molar-refractivity contribution in [1.29, 1.82) is 0 Å². The average Bonchev–Trinajstić information content (AvgIpc) is 2.53. The highest BCUT2D eigenvalue weighted by Gasteiger charge is 2.18. The number of carbonyl (C=O) groups excluding carboxylic acids is 2. The lowest BCUT2D eigenvalue weighted by Gasteiger charge is -2.16. The topological polar surface area (TPSA) is 103 Å². The first-order valence-corrected chi connectivity index (χ1v) is 7.53. The van der Waals surface area contributed by atoms with Crippen LogP contribution in [0.3, 0.4) is 0 Å². The van der Waals surface area contributed by atoms with E-state index in [0.29, 0.717) is 23.8 Å². The number of hydrogen-bond donors (Lipinski definition) is 3. The number of ether oxygens (including phenoxy) is 2. The second kappa shape index (κ2) is 10.7. The number of halogens is 1. The SMILES string of the molecule is CCOc1ccc(OC)cc1NC(=O)CNC(=O)[C@@H](N)C(C)C.Cl. The molecule has 0 aliphatic carbocycles. The molecule has 1 atom stereocenters. The number of methoxy groups -OCH3 is 1. The fourth-order valence-electron chi connectivity index (χ4n) is 1.80. The van der Waals surface area contributed by atoms with Gasteiger partial charge in [-0.3, -0.25) is 9.59 Å². The molecule has 0 saturated carbocycles. The van der Waals surface area contributed by atoms with Gasteiger partial charge in [0.15, 0.2) is 0 Å². The summed E-state index contributed by atoms with van der Waals surface area (Å²) in [5.41, 5.74) is 6.20. The highest BCUT2D eigenvalue weighted by molar-refractivity contribution is 5.96. The first-order chi connectivity index (χ1) is 10.9. The number of benzene rings is 1.